The van der Waals surface area contributed by atoms with Gasteiger partial charge in [-0.15, -0.1) is 0 Å². The van der Waals surface area contributed by atoms with Gasteiger partial charge in [0.15, 0.2) is 0 Å². The monoisotopic (exact) mass is 266 g/mol. The van der Waals surface area contributed by atoms with Gasteiger partial charge in [-0.05, 0) is 42.5 Å². The Labute approximate surface area is 121 Å². The highest BCUT2D eigenvalue weighted by Crippen LogP contribution is 2.37. The number of rotatable bonds is 2. The molecule has 3 rings (SSSR count). The van der Waals surface area contributed by atoms with Crippen LogP contribution in [0.15, 0.2) is 48.5 Å². The summed E-state index contributed by atoms with van der Waals surface area (Å²) in [6, 6.07) is 17.3. The fraction of sp³-hybridized carbons (Fsp3) is 0.333. The summed E-state index contributed by atoms with van der Waals surface area (Å²) in [4.78, 5) is 2.43. The molecule has 1 aliphatic heterocycles. The molecule has 104 valence electrons. The highest BCUT2D eigenvalue weighted by atomic mass is 15.1. The number of fused-ring (bicyclic) bond motifs is 1. The Morgan fingerprint density at radius 1 is 1.05 bits per heavy atom. The van der Waals surface area contributed by atoms with Gasteiger partial charge >= 0.3 is 0 Å². The maximum absolute atomic E-state index is 6.15. The number of nitrogens with zero attached hydrogens (tertiary/aromatic N) is 1. The second-order valence-electron chi connectivity index (χ2n) is 5.90. The van der Waals surface area contributed by atoms with Crippen LogP contribution in [0.2, 0.25) is 0 Å². The zero-order chi connectivity index (χ0) is 14.1. The van der Waals surface area contributed by atoms with E-state index in [2.05, 4.69) is 67.3 Å². The van der Waals surface area contributed by atoms with Crippen molar-refractivity contribution in [1.82, 2.24) is 0 Å². The molecular formula is C18H22N2. The van der Waals surface area contributed by atoms with Gasteiger partial charge in [-0.25, -0.2) is 0 Å². The van der Waals surface area contributed by atoms with Crippen molar-refractivity contribution in [3.63, 3.8) is 0 Å². The molecule has 2 N–H and O–H groups in total. The van der Waals surface area contributed by atoms with Crippen LogP contribution in [0.3, 0.4) is 0 Å². The number of benzene rings is 2. The number of anilines is 2. The topological polar surface area (TPSA) is 29.3 Å². The van der Waals surface area contributed by atoms with Gasteiger partial charge in [0, 0.05) is 24.0 Å². The van der Waals surface area contributed by atoms with E-state index < -0.39 is 0 Å². The first-order valence-electron chi connectivity index (χ1n) is 7.36. The van der Waals surface area contributed by atoms with E-state index in [1.807, 2.05) is 0 Å². The zero-order valence-electron chi connectivity index (χ0n) is 12.2. The van der Waals surface area contributed by atoms with Crippen molar-refractivity contribution in [3.05, 3.63) is 59.7 Å². The van der Waals surface area contributed by atoms with Gasteiger partial charge in [-0.2, -0.15) is 0 Å². The van der Waals surface area contributed by atoms with Gasteiger partial charge < -0.3 is 10.6 Å². The van der Waals surface area contributed by atoms with Crippen molar-refractivity contribution in [2.75, 3.05) is 11.4 Å². The molecule has 2 aromatic carbocycles. The maximum Gasteiger partial charge on any atom is 0.0459 e. The minimum absolute atomic E-state index is 0.0515. The van der Waals surface area contributed by atoms with E-state index in [9.17, 15) is 0 Å². The molecule has 1 aliphatic rings. The van der Waals surface area contributed by atoms with Crippen molar-refractivity contribution < 1.29 is 0 Å². The number of hydrogen-bond donors (Lipinski definition) is 1. The van der Waals surface area contributed by atoms with Crippen LogP contribution >= 0.6 is 0 Å². The summed E-state index contributed by atoms with van der Waals surface area (Å²) >= 11 is 0. The van der Waals surface area contributed by atoms with Crippen molar-refractivity contribution >= 4 is 11.4 Å². The van der Waals surface area contributed by atoms with Crippen LogP contribution in [0.1, 0.15) is 31.0 Å². The third-order valence-corrected chi connectivity index (χ3v) is 4.06. The van der Waals surface area contributed by atoms with E-state index in [1.165, 1.54) is 22.5 Å². The van der Waals surface area contributed by atoms with Gasteiger partial charge in [0.1, 0.15) is 0 Å². The molecule has 0 bridgehead atoms. The maximum atomic E-state index is 6.15. The van der Waals surface area contributed by atoms with Crippen LogP contribution in [0.4, 0.5) is 11.4 Å². The molecule has 2 heteroatoms. The summed E-state index contributed by atoms with van der Waals surface area (Å²) < 4.78 is 0. The third kappa shape index (κ3) is 2.32. The SMILES string of the molecule is CC1Cc2ccccc2N(c2ccccc2C(C)N)C1. The molecule has 2 aromatic rings. The first-order chi connectivity index (χ1) is 9.66. The summed E-state index contributed by atoms with van der Waals surface area (Å²) in [5.74, 6) is 0.658. The average Bonchev–Trinajstić information content (AvgIpc) is 2.46. The van der Waals surface area contributed by atoms with E-state index in [-0.39, 0.29) is 6.04 Å². The molecule has 0 amide bonds. The normalized spacial score (nSPS) is 19.6. The second-order valence-corrected chi connectivity index (χ2v) is 5.90. The van der Waals surface area contributed by atoms with Crippen LogP contribution in [0.5, 0.6) is 0 Å². The summed E-state index contributed by atoms with van der Waals surface area (Å²) in [6.45, 7) is 5.43. The molecule has 1 heterocycles. The van der Waals surface area contributed by atoms with E-state index in [1.54, 1.807) is 0 Å². The number of nitrogens with two attached hydrogens (primary N) is 1. The van der Waals surface area contributed by atoms with Crippen LogP contribution < -0.4 is 10.6 Å². The fourth-order valence-electron chi connectivity index (χ4n) is 3.14. The van der Waals surface area contributed by atoms with Gasteiger partial charge in [0.2, 0.25) is 0 Å². The Kier molecular flexibility index (Phi) is 3.49. The lowest BCUT2D eigenvalue weighted by Gasteiger charge is -2.36. The standard InChI is InChI=1S/C18H22N2/c1-13-11-15-7-3-5-9-17(15)20(12-13)18-10-6-4-8-16(18)14(2)19/h3-10,13-14H,11-12,19H2,1-2H3. The molecule has 0 aromatic heterocycles. The van der Waals surface area contributed by atoms with Crippen LogP contribution in [0, 0.1) is 5.92 Å². The average molecular weight is 266 g/mol. The minimum Gasteiger partial charge on any atom is -0.341 e. The van der Waals surface area contributed by atoms with Gasteiger partial charge in [0.25, 0.3) is 0 Å². The summed E-state index contributed by atoms with van der Waals surface area (Å²) in [7, 11) is 0. The molecule has 20 heavy (non-hydrogen) atoms. The lowest BCUT2D eigenvalue weighted by atomic mass is 9.92. The number of hydrogen-bond acceptors (Lipinski definition) is 2. The van der Waals surface area contributed by atoms with Crippen molar-refractivity contribution in [1.29, 1.82) is 0 Å². The number of para-hydroxylation sites is 2. The fourth-order valence-corrected chi connectivity index (χ4v) is 3.14. The molecule has 0 saturated carbocycles. The Morgan fingerprint density at radius 2 is 1.70 bits per heavy atom. The summed E-state index contributed by atoms with van der Waals surface area (Å²) in [5.41, 5.74) is 11.4. The highest BCUT2D eigenvalue weighted by Gasteiger charge is 2.24. The molecule has 0 aliphatic carbocycles. The van der Waals surface area contributed by atoms with Gasteiger partial charge in [0.05, 0.1) is 0 Å². The molecule has 0 fully saturated rings. The van der Waals surface area contributed by atoms with Crippen LogP contribution in [0.25, 0.3) is 0 Å². The quantitative estimate of drug-likeness (QED) is 0.889. The third-order valence-electron chi connectivity index (χ3n) is 4.06. The van der Waals surface area contributed by atoms with E-state index in [0.717, 1.165) is 13.0 Å². The highest BCUT2D eigenvalue weighted by molar-refractivity contribution is 5.70. The smallest absolute Gasteiger partial charge is 0.0459 e. The van der Waals surface area contributed by atoms with E-state index in [4.69, 9.17) is 5.73 Å². The van der Waals surface area contributed by atoms with Gasteiger partial charge in [-0.1, -0.05) is 43.3 Å². The van der Waals surface area contributed by atoms with Crippen molar-refractivity contribution in [2.24, 2.45) is 11.7 Å². The lowest BCUT2D eigenvalue weighted by molar-refractivity contribution is 0.561. The summed E-state index contributed by atoms with van der Waals surface area (Å²) in [6.07, 6.45) is 1.16. The molecule has 0 saturated heterocycles. The van der Waals surface area contributed by atoms with Crippen LogP contribution in [-0.2, 0) is 6.42 Å². The zero-order valence-corrected chi connectivity index (χ0v) is 12.2. The lowest BCUT2D eigenvalue weighted by Crippen LogP contribution is -2.31. The molecule has 2 unspecified atom stereocenters. The predicted molar refractivity (Wildman–Crippen MR) is 85.4 cm³/mol. The Morgan fingerprint density at radius 3 is 2.45 bits per heavy atom. The molecule has 2 atom stereocenters. The molecular weight excluding hydrogens is 244 g/mol. The molecule has 0 spiro atoms. The predicted octanol–water partition coefficient (Wildman–Crippen LogP) is 4.04. The van der Waals surface area contributed by atoms with E-state index >= 15 is 0 Å². The first kappa shape index (κ1) is 13.2. The first-order valence-corrected chi connectivity index (χ1v) is 7.36. The van der Waals surface area contributed by atoms with Crippen molar-refractivity contribution in [2.45, 2.75) is 26.3 Å². The van der Waals surface area contributed by atoms with Crippen molar-refractivity contribution in [3.8, 4) is 0 Å². The van der Waals surface area contributed by atoms with Gasteiger partial charge in [-0.3, -0.25) is 0 Å². The van der Waals surface area contributed by atoms with E-state index in [0.29, 0.717) is 5.92 Å². The Bertz CT molecular complexity index is 604. The molecule has 2 nitrogen and oxygen atoms in total. The summed E-state index contributed by atoms with van der Waals surface area (Å²) in [5, 5.41) is 0. The minimum atomic E-state index is 0.0515. The second kappa shape index (κ2) is 5.29. The largest absolute Gasteiger partial charge is 0.341 e. The Hall–Kier alpha value is -1.80. The Balaban J connectivity index is 2.11. The molecule has 0 radical (unpaired) electrons. The van der Waals surface area contributed by atoms with Crippen LogP contribution in [-0.4, -0.2) is 6.54 Å².